The molecular formula is C17H29ClO2. The first-order valence-electron chi connectivity index (χ1n) is 7.67. The first kappa shape index (κ1) is 19.4. The van der Waals surface area contributed by atoms with Gasteiger partial charge in [0.05, 0.1) is 0 Å². The maximum Gasteiger partial charge on any atom is 0.162 e. The number of rotatable bonds is 8. The molecule has 2 nitrogen and oxygen atoms in total. The van der Waals surface area contributed by atoms with Crippen molar-refractivity contribution in [1.29, 1.82) is 0 Å². The second-order valence-electron chi connectivity index (χ2n) is 5.19. The van der Waals surface area contributed by atoms with Gasteiger partial charge in [-0.1, -0.05) is 69.3 Å². The average molecular weight is 301 g/mol. The number of unbranched alkanes of at least 4 members (excludes halogenated alkanes) is 4. The van der Waals surface area contributed by atoms with Gasteiger partial charge in [-0.2, -0.15) is 0 Å². The van der Waals surface area contributed by atoms with Gasteiger partial charge in [0.2, 0.25) is 0 Å². The van der Waals surface area contributed by atoms with Crippen LogP contribution in [0.25, 0.3) is 0 Å². The molecular weight excluding hydrogens is 272 g/mol. The van der Waals surface area contributed by atoms with E-state index in [4.69, 9.17) is 11.6 Å². The molecule has 0 bridgehead atoms. The van der Waals surface area contributed by atoms with Gasteiger partial charge in [-0.3, -0.25) is 0 Å². The summed E-state index contributed by atoms with van der Waals surface area (Å²) in [6.45, 7) is 4.22. The molecule has 1 aromatic carbocycles. The molecule has 0 aliphatic heterocycles. The van der Waals surface area contributed by atoms with Crippen molar-refractivity contribution in [2.75, 3.05) is 0 Å². The second-order valence-corrected chi connectivity index (χ2v) is 5.63. The van der Waals surface area contributed by atoms with Crippen molar-refractivity contribution in [3.8, 4) is 0 Å². The average Bonchev–Trinajstić information content (AvgIpc) is 2.43. The van der Waals surface area contributed by atoms with Gasteiger partial charge in [-0.05, 0) is 25.0 Å². The molecule has 3 heteroatoms. The van der Waals surface area contributed by atoms with Crippen LogP contribution in [0.2, 0.25) is 5.02 Å². The Kier molecular flexibility index (Phi) is 11.8. The van der Waals surface area contributed by atoms with E-state index in [0.717, 1.165) is 30.7 Å². The number of hydrogen-bond donors (Lipinski definition) is 2. The first-order chi connectivity index (χ1) is 9.52. The predicted octanol–water partition coefficient (Wildman–Crippen LogP) is 5.17. The molecule has 0 heterocycles. The molecule has 1 aromatic rings. The fourth-order valence-electron chi connectivity index (χ4n) is 1.83. The zero-order valence-corrected chi connectivity index (χ0v) is 13.6. The van der Waals surface area contributed by atoms with Gasteiger partial charge in [0, 0.05) is 17.9 Å². The van der Waals surface area contributed by atoms with Gasteiger partial charge in [-0.25, -0.2) is 0 Å². The van der Waals surface area contributed by atoms with Crippen LogP contribution in [-0.4, -0.2) is 16.0 Å². The summed E-state index contributed by atoms with van der Waals surface area (Å²) in [4.78, 5) is 0. The maximum absolute atomic E-state index is 9.50. The molecule has 0 radical (unpaired) electrons. The standard InChI is InChI=1S/C11H24O2.C6H5Cl/c1-3-5-7-8-10-11(12,13)9-6-4-2;7-6-4-2-1-3-5-6/h12-13H,3-10H2,1-2H3;1-5H. The van der Waals surface area contributed by atoms with Crippen LogP contribution in [-0.2, 0) is 0 Å². The topological polar surface area (TPSA) is 40.5 Å². The quantitative estimate of drug-likeness (QED) is 0.514. The van der Waals surface area contributed by atoms with E-state index >= 15 is 0 Å². The van der Waals surface area contributed by atoms with Gasteiger partial charge in [0.1, 0.15) is 0 Å². The molecule has 0 saturated heterocycles. The summed E-state index contributed by atoms with van der Waals surface area (Å²) in [6.07, 6.45) is 7.43. The molecule has 1 rings (SSSR count). The normalized spacial score (nSPS) is 10.8. The van der Waals surface area contributed by atoms with E-state index in [1.165, 1.54) is 12.8 Å². The molecule has 0 aromatic heterocycles. The van der Waals surface area contributed by atoms with Gasteiger partial charge in [-0.15, -0.1) is 0 Å². The maximum atomic E-state index is 9.50. The Hall–Kier alpha value is -0.570. The zero-order valence-electron chi connectivity index (χ0n) is 12.8. The summed E-state index contributed by atoms with van der Waals surface area (Å²) >= 11 is 5.54. The Labute approximate surface area is 128 Å². The Morgan fingerprint density at radius 2 is 1.40 bits per heavy atom. The lowest BCUT2D eigenvalue weighted by Crippen LogP contribution is -2.27. The van der Waals surface area contributed by atoms with Crippen LogP contribution in [0.15, 0.2) is 30.3 Å². The number of benzene rings is 1. The predicted molar refractivity (Wildman–Crippen MR) is 86.9 cm³/mol. The minimum absolute atomic E-state index is 0.523. The Morgan fingerprint density at radius 1 is 0.850 bits per heavy atom. The molecule has 0 fully saturated rings. The lowest BCUT2D eigenvalue weighted by atomic mass is 10.0. The zero-order chi connectivity index (χ0) is 15.3. The van der Waals surface area contributed by atoms with Crippen molar-refractivity contribution >= 4 is 11.6 Å². The van der Waals surface area contributed by atoms with E-state index in [1.54, 1.807) is 0 Å². The highest BCUT2D eigenvalue weighted by atomic mass is 35.5. The van der Waals surface area contributed by atoms with Crippen LogP contribution in [0.1, 0.15) is 65.2 Å². The third-order valence-corrected chi connectivity index (χ3v) is 3.35. The van der Waals surface area contributed by atoms with Crippen molar-refractivity contribution in [3.05, 3.63) is 35.4 Å². The molecule has 116 valence electrons. The second kappa shape index (κ2) is 12.2. The molecule has 20 heavy (non-hydrogen) atoms. The largest absolute Gasteiger partial charge is 0.366 e. The number of halogens is 1. The van der Waals surface area contributed by atoms with Crippen LogP contribution in [0.5, 0.6) is 0 Å². The molecule has 0 spiro atoms. The fourth-order valence-corrected chi connectivity index (χ4v) is 1.98. The van der Waals surface area contributed by atoms with Gasteiger partial charge in [0.15, 0.2) is 5.79 Å². The molecule has 0 amide bonds. The van der Waals surface area contributed by atoms with E-state index in [2.05, 4.69) is 13.8 Å². The van der Waals surface area contributed by atoms with Crippen LogP contribution in [0.3, 0.4) is 0 Å². The van der Waals surface area contributed by atoms with E-state index in [0.29, 0.717) is 12.8 Å². The smallest absolute Gasteiger partial charge is 0.162 e. The Morgan fingerprint density at radius 3 is 1.85 bits per heavy atom. The fraction of sp³-hybridized carbons (Fsp3) is 0.647. The highest BCUT2D eigenvalue weighted by molar-refractivity contribution is 6.30. The summed E-state index contributed by atoms with van der Waals surface area (Å²) in [6, 6.07) is 9.44. The molecule has 0 unspecified atom stereocenters. The molecule has 2 N–H and O–H groups in total. The lowest BCUT2D eigenvalue weighted by molar-refractivity contribution is -0.171. The van der Waals surface area contributed by atoms with Crippen molar-refractivity contribution in [2.24, 2.45) is 0 Å². The van der Waals surface area contributed by atoms with E-state index < -0.39 is 5.79 Å². The highest BCUT2D eigenvalue weighted by Crippen LogP contribution is 2.18. The number of hydrogen-bond acceptors (Lipinski definition) is 2. The molecule has 0 atom stereocenters. The summed E-state index contributed by atoms with van der Waals surface area (Å²) in [5.41, 5.74) is 0. The molecule has 0 saturated carbocycles. The summed E-state index contributed by atoms with van der Waals surface area (Å²) < 4.78 is 0. The van der Waals surface area contributed by atoms with Crippen LogP contribution in [0, 0.1) is 0 Å². The van der Waals surface area contributed by atoms with Gasteiger partial charge >= 0.3 is 0 Å². The number of aliphatic hydroxyl groups is 2. The third-order valence-electron chi connectivity index (χ3n) is 3.09. The Balaban J connectivity index is 0.000000428. The van der Waals surface area contributed by atoms with Crippen LogP contribution in [0.4, 0.5) is 0 Å². The lowest BCUT2D eigenvalue weighted by Gasteiger charge is -2.21. The minimum atomic E-state index is -1.40. The summed E-state index contributed by atoms with van der Waals surface area (Å²) in [7, 11) is 0. The van der Waals surface area contributed by atoms with Gasteiger partial charge in [0.25, 0.3) is 0 Å². The van der Waals surface area contributed by atoms with Crippen molar-refractivity contribution in [3.63, 3.8) is 0 Å². The van der Waals surface area contributed by atoms with E-state index in [-0.39, 0.29) is 0 Å². The Bertz CT molecular complexity index is 312. The van der Waals surface area contributed by atoms with Crippen molar-refractivity contribution in [2.45, 2.75) is 71.0 Å². The minimum Gasteiger partial charge on any atom is -0.366 e. The summed E-state index contributed by atoms with van der Waals surface area (Å²) in [5, 5.41) is 19.8. The van der Waals surface area contributed by atoms with E-state index in [9.17, 15) is 10.2 Å². The van der Waals surface area contributed by atoms with E-state index in [1.807, 2.05) is 30.3 Å². The SMILES string of the molecule is CCCCCCC(O)(O)CCCC.Clc1ccccc1. The molecule has 0 aliphatic carbocycles. The van der Waals surface area contributed by atoms with Crippen molar-refractivity contribution in [1.82, 2.24) is 0 Å². The monoisotopic (exact) mass is 300 g/mol. The van der Waals surface area contributed by atoms with Crippen molar-refractivity contribution < 1.29 is 10.2 Å². The van der Waals surface area contributed by atoms with Gasteiger partial charge < -0.3 is 10.2 Å². The first-order valence-corrected chi connectivity index (χ1v) is 8.05. The third kappa shape index (κ3) is 12.5. The summed E-state index contributed by atoms with van der Waals surface area (Å²) in [5.74, 6) is -1.40. The molecule has 0 aliphatic rings. The highest BCUT2D eigenvalue weighted by Gasteiger charge is 2.20. The van der Waals surface area contributed by atoms with Crippen LogP contribution >= 0.6 is 11.6 Å². The van der Waals surface area contributed by atoms with Crippen LogP contribution < -0.4 is 0 Å².